The standard InChI is InChI=1S/C26H34N4O.2C4H4O4/c1-20-7-8-23-18-21-5-3-4-6-22(21)19-25(24(23)17-20)29-14-10-28(11-15-29)12-16-30-13-9-27(2)26(30)31;2*5-3(6)1-2-4(7)8/h3-8,17,25H,9-16,18-19H2,1-2H3;2*1-2H,(H,5,6)(H,7,8). The molecule has 0 spiro atoms. The number of urea groups is 1. The quantitative estimate of drug-likeness (QED) is 0.309. The van der Waals surface area contributed by atoms with Crippen LogP contribution in [0.5, 0.6) is 0 Å². The molecule has 3 aliphatic rings. The second-order valence-corrected chi connectivity index (χ2v) is 11.5. The number of carbonyl (C=O) groups excluding carboxylic acids is 1. The van der Waals surface area contributed by atoms with Crippen molar-refractivity contribution in [3.8, 4) is 0 Å². The number of nitrogens with zero attached hydrogens (tertiary/aromatic N) is 4. The molecular weight excluding hydrogens is 608 g/mol. The van der Waals surface area contributed by atoms with E-state index in [1.54, 1.807) is 0 Å². The van der Waals surface area contributed by atoms with Crippen LogP contribution in [0.2, 0.25) is 0 Å². The first kappa shape index (κ1) is 36.5. The molecule has 1 aliphatic carbocycles. The van der Waals surface area contributed by atoms with Crippen LogP contribution in [0.4, 0.5) is 4.79 Å². The van der Waals surface area contributed by atoms with Gasteiger partial charge >= 0.3 is 29.9 Å². The molecule has 2 aliphatic heterocycles. The highest BCUT2D eigenvalue weighted by Gasteiger charge is 2.30. The van der Waals surface area contributed by atoms with Gasteiger partial charge in [-0.1, -0.05) is 48.0 Å². The molecule has 252 valence electrons. The number of aryl methyl sites for hydroxylation is 1. The number of benzene rings is 2. The molecule has 1 unspecified atom stereocenters. The summed E-state index contributed by atoms with van der Waals surface area (Å²) in [6, 6.07) is 16.7. The van der Waals surface area contributed by atoms with Gasteiger partial charge in [-0.2, -0.15) is 0 Å². The van der Waals surface area contributed by atoms with Crippen molar-refractivity contribution in [2.75, 3.05) is 59.4 Å². The topological polar surface area (TPSA) is 179 Å². The van der Waals surface area contributed by atoms with Gasteiger partial charge in [0.2, 0.25) is 0 Å². The first-order valence-corrected chi connectivity index (χ1v) is 15.2. The van der Waals surface area contributed by atoms with Crippen molar-refractivity contribution in [3.05, 3.63) is 94.6 Å². The maximum Gasteiger partial charge on any atom is 0.328 e. The van der Waals surface area contributed by atoms with Gasteiger partial charge in [-0.15, -0.1) is 0 Å². The van der Waals surface area contributed by atoms with Crippen LogP contribution in [0.25, 0.3) is 0 Å². The summed E-state index contributed by atoms with van der Waals surface area (Å²) in [4.78, 5) is 59.4. The zero-order chi connectivity index (χ0) is 34.5. The van der Waals surface area contributed by atoms with Gasteiger partial charge < -0.3 is 30.2 Å². The van der Waals surface area contributed by atoms with Crippen molar-refractivity contribution in [2.24, 2.45) is 0 Å². The average Bonchev–Trinajstić information content (AvgIpc) is 3.25. The Morgan fingerprint density at radius 1 is 0.723 bits per heavy atom. The maximum absolute atomic E-state index is 12.1. The Hall–Kier alpha value is -5.01. The van der Waals surface area contributed by atoms with Gasteiger partial charge in [-0.05, 0) is 42.0 Å². The van der Waals surface area contributed by atoms with Crippen molar-refractivity contribution < 1.29 is 44.4 Å². The fourth-order valence-corrected chi connectivity index (χ4v) is 5.72. The summed E-state index contributed by atoms with van der Waals surface area (Å²) in [5.41, 5.74) is 7.35. The lowest BCUT2D eigenvalue weighted by molar-refractivity contribution is -0.134. The van der Waals surface area contributed by atoms with E-state index in [1.807, 2.05) is 16.8 Å². The second-order valence-electron chi connectivity index (χ2n) is 11.5. The molecule has 47 heavy (non-hydrogen) atoms. The lowest BCUT2D eigenvalue weighted by Crippen LogP contribution is -2.50. The van der Waals surface area contributed by atoms with Crippen LogP contribution in [0.15, 0.2) is 66.8 Å². The lowest BCUT2D eigenvalue weighted by Gasteiger charge is -2.40. The number of hydrogen-bond acceptors (Lipinski definition) is 7. The minimum absolute atomic E-state index is 0.183. The van der Waals surface area contributed by atoms with Crippen molar-refractivity contribution in [1.82, 2.24) is 19.6 Å². The number of hydrogen-bond donors (Lipinski definition) is 4. The number of rotatable bonds is 8. The predicted octanol–water partition coefficient (Wildman–Crippen LogP) is 2.59. The number of likely N-dealkylation sites (N-methyl/N-ethyl adjacent to an activating group) is 1. The Balaban J connectivity index is 0.000000312. The number of amides is 2. The Morgan fingerprint density at radius 2 is 1.28 bits per heavy atom. The van der Waals surface area contributed by atoms with Crippen LogP contribution < -0.4 is 0 Å². The summed E-state index contributed by atoms with van der Waals surface area (Å²) in [5, 5.41) is 31.2. The molecule has 0 saturated carbocycles. The fraction of sp³-hybridized carbons (Fsp3) is 0.382. The molecule has 2 heterocycles. The molecule has 0 bridgehead atoms. The van der Waals surface area contributed by atoms with Crippen molar-refractivity contribution in [3.63, 3.8) is 0 Å². The first-order chi connectivity index (χ1) is 22.3. The molecule has 0 aromatic heterocycles. The molecule has 2 fully saturated rings. The molecule has 2 saturated heterocycles. The van der Waals surface area contributed by atoms with E-state index in [1.165, 1.54) is 27.8 Å². The Bertz CT molecular complexity index is 1430. The third-order valence-corrected chi connectivity index (χ3v) is 8.15. The minimum atomic E-state index is -1.26. The van der Waals surface area contributed by atoms with Gasteiger partial charge in [-0.25, -0.2) is 24.0 Å². The maximum atomic E-state index is 12.1. The van der Waals surface area contributed by atoms with Crippen LogP contribution in [0.3, 0.4) is 0 Å². The number of carboxylic acid groups (broad SMARTS) is 4. The molecule has 5 rings (SSSR count). The highest BCUT2D eigenvalue weighted by atomic mass is 16.4. The minimum Gasteiger partial charge on any atom is -0.478 e. The number of piperazine rings is 1. The van der Waals surface area contributed by atoms with E-state index >= 15 is 0 Å². The summed E-state index contributed by atoms with van der Waals surface area (Å²) < 4.78 is 0. The number of carboxylic acids is 4. The molecule has 2 aromatic carbocycles. The van der Waals surface area contributed by atoms with Crippen LogP contribution >= 0.6 is 0 Å². The van der Waals surface area contributed by atoms with Crippen LogP contribution in [0.1, 0.15) is 33.9 Å². The van der Waals surface area contributed by atoms with E-state index < -0.39 is 23.9 Å². The summed E-state index contributed by atoms with van der Waals surface area (Å²) in [5.74, 6) is -5.03. The zero-order valence-corrected chi connectivity index (χ0v) is 26.6. The average molecular weight is 651 g/mol. The van der Waals surface area contributed by atoms with E-state index in [-0.39, 0.29) is 6.03 Å². The highest BCUT2D eigenvalue weighted by Crippen LogP contribution is 2.35. The predicted molar refractivity (Wildman–Crippen MR) is 173 cm³/mol. The van der Waals surface area contributed by atoms with Gasteiger partial charge in [0.15, 0.2) is 0 Å². The van der Waals surface area contributed by atoms with Crippen molar-refractivity contribution in [1.29, 1.82) is 0 Å². The highest BCUT2D eigenvalue weighted by molar-refractivity contribution is 5.90. The monoisotopic (exact) mass is 650 g/mol. The smallest absolute Gasteiger partial charge is 0.328 e. The first-order valence-electron chi connectivity index (χ1n) is 15.2. The van der Waals surface area contributed by atoms with E-state index in [0.29, 0.717) is 30.3 Å². The van der Waals surface area contributed by atoms with Crippen LogP contribution in [-0.2, 0) is 32.0 Å². The SMILES string of the molecule is Cc1ccc2c(c1)C(N1CCN(CCN3CCN(C)C3=O)CC1)Cc1ccccc1C2.O=C(O)C=CC(=O)O.O=C(O)C=CC(=O)O. The summed E-state index contributed by atoms with van der Waals surface area (Å²) >= 11 is 0. The van der Waals surface area contributed by atoms with Gasteiger partial charge in [0.25, 0.3) is 0 Å². The lowest BCUT2D eigenvalue weighted by atomic mass is 9.94. The molecule has 1 atom stereocenters. The van der Waals surface area contributed by atoms with E-state index in [0.717, 1.165) is 65.2 Å². The van der Waals surface area contributed by atoms with Crippen LogP contribution in [-0.4, -0.2) is 129 Å². The Kier molecular flexibility index (Phi) is 13.7. The largest absolute Gasteiger partial charge is 0.478 e. The van der Waals surface area contributed by atoms with Crippen LogP contribution in [0, 0.1) is 6.92 Å². The normalized spacial score (nSPS) is 18.0. The number of carbonyl (C=O) groups is 5. The Labute approximate surface area is 273 Å². The number of fused-ring (bicyclic) bond motifs is 2. The van der Waals surface area contributed by atoms with E-state index in [4.69, 9.17) is 20.4 Å². The molecule has 0 radical (unpaired) electrons. The van der Waals surface area contributed by atoms with Gasteiger partial charge in [0, 0.05) is 89.8 Å². The van der Waals surface area contributed by atoms with E-state index in [2.05, 4.69) is 59.2 Å². The van der Waals surface area contributed by atoms with Gasteiger partial charge in [-0.3, -0.25) is 9.80 Å². The third-order valence-electron chi connectivity index (χ3n) is 8.15. The Morgan fingerprint density at radius 3 is 1.79 bits per heavy atom. The van der Waals surface area contributed by atoms with Gasteiger partial charge in [0.1, 0.15) is 0 Å². The molecular formula is C34H42N4O9. The van der Waals surface area contributed by atoms with Crippen molar-refractivity contribution >= 4 is 29.9 Å². The molecule has 4 N–H and O–H groups in total. The molecule has 13 heteroatoms. The molecule has 2 aromatic rings. The fourth-order valence-electron chi connectivity index (χ4n) is 5.72. The second kappa shape index (κ2) is 17.6. The third kappa shape index (κ3) is 11.7. The van der Waals surface area contributed by atoms with Crippen molar-refractivity contribution in [2.45, 2.75) is 25.8 Å². The summed E-state index contributed by atoms with van der Waals surface area (Å²) in [6.07, 6.45) is 4.37. The zero-order valence-electron chi connectivity index (χ0n) is 26.6. The number of aliphatic carboxylic acids is 4. The summed E-state index contributed by atoms with van der Waals surface area (Å²) in [7, 11) is 1.89. The van der Waals surface area contributed by atoms with E-state index in [9.17, 15) is 24.0 Å². The summed E-state index contributed by atoms with van der Waals surface area (Å²) in [6.45, 7) is 10.1. The molecule has 13 nitrogen and oxygen atoms in total. The molecule has 2 amide bonds. The van der Waals surface area contributed by atoms with Gasteiger partial charge in [0.05, 0.1) is 0 Å².